The molecule has 3 fully saturated rings. The molecular weight excluding hydrogens is 359 g/mol. The van der Waals surface area contributed by atoms with Crippen LogP contribution >= 0.6 is 22.6 Å². The van der Waals surface area contributed by atoms with Crippen molar-refractivity contribution in [1.82, 2.24) is 0 Å². The average Bonchev–Trinajstić information content (AvgIpc) is 2.69. The molecule has 3 rings (SSSR count). The van der Waals surface area contributed by atoms with Gasteiger partial charge in [-0.2, -0.15) is 0 Å². The van der Waals surface area contributed by atoms with Crippen LogP contribution in [0.4, 0.5) is 0 Å². The topological polar surface area (TPSA) is 9.23 Å². The SMILES string of the molecule is CC1(C)C2CCC1(C)C(OC1(CI)CCCCCC1)C2. The lowest BCUT2D eigenvalue weighted by molar-refractivity contribution is -0.137. The Balaban J connectivity index is 1.77. The molecule has 0 radical (unpaired) electrons. The van der Waals surface area contributed by atoms with Crippen molar-refractivity contribution < 1.29 is 4.74 Å². The summed E-state index contributed by atoms with van der Waals surface area (Å²) in [6.07, 6.45) is 12.8. The summed E-state index contributed by atoms with van der Waals surface area (Å²) >= 11 is 2.58. The third-order valence-corrected chi connectivity index (χ3v) is 8.75. The molecule has 0 N–H and O–H groups in total. The Hall–Kier alpha value is 0.690. The minimum Gasteiger partial charge on any atom is -0.370 e. The molecule has 3 aliphatic rings. The highest BCUT2D eigenvalue weighted by atomic mass is 127. The van der Waals surface area contributed by atoms with Crippen LogP contribution in [0.3, 0.4) is 0 Å². The van der Waals surface area contributed by atoms with Crippen LogP contribution in [0.2, 0.25) is 0 Å². The first-order chi connectivity index (χ1) is 9.44. The van der Waals surface area contributed by atoms with Gasteiger partial charge in [0, 0.05) is 4.43 Å². The van der Waals surface area contributed by atoms with Crippen LogP contribution in [-0.4, -0.2) is 16.1 Å². The molecule has 0 aromatic heterocycles. The van der Waals surface area contributed by atoms with Gasteiger partial charge in [-0.3, -0.25) is 0 Å². The standard InChI is InChI=1S/C18H31IO/c1-16(2)14-8-11-17(16,3)15(12-14)20-18(13-19)9-6-4-5-7-10-18/h14-15H,4-13H2,1-3H3. The van der Waals surface area contributed by atoms with E-state index in [9.17, 15) is 0 Å². The molecule has 0 saturated heterocycles. The Morgan fingerprint density at radius 1 is 1.00 bits per heavy atom. The fourth-order valence-corrected chi connectivity index (χ4v) is 6.21. The molecule has 0 spiro atoms. The second-order valence-corrected chi connectivity index (χ2v) is 9.21. The van der Waals surface area contributed by atoms with Gasteiger partial charge in [-0.15, -0.1) is 0 Å². The number of rotatable bonds is 3. The van der Waals surface area contributed by atoms with Gasteiger partial charge < -0.3 is 4.74 Å². The van der Waals surface area contributed by atoms with Gasteiger partial charge in [0.25, 0.3) is 0 Å². The quantitative estimate of drug-likeness (QED) is 0.339. The summed E-state index contributed by atoms with van der Waals surface area (Å²) in [4.78, 5) is 0. The highest BCUT2D eigenvalue weighted by Gasteiger charge is 2.62. The van der Waals surface area contributed by atoms with E-state index in [1.165, 1.54) is 62.2 Å². The molecular formula is C18H31IO. The lowest BCUT2D eigenvalue weighted by Gasteiger charge is -2.44. The first-order valence-electron chi connectivity index (χ1n) is 8.67. The molecule has 0 amide bonds. The maximum absolute atomic E-state index is 6.93. The van der Waals surface area contributed by atoms with E-state index in [4.69, 9.17) is 4.74 Å². The number of fused-ring (bicyclic) bond motifs is 2. The largest absolute Gasteiger partial charge is 0.370 e. The molecule has 1 nitrogen and oxygen atoms in total. The Labute approximate surface area is 138 Å². The second-order valence-electron chi connectivity index (χ2n) is 8.45. The van der Waals surface area contributed by atoms with Crippen molar-refractivity contribution in [2.24, 2.45) is 16.7 Å². The molecule has 20 heavy (non-hydrogen) atoms. The van der Waals surface area contributed by atoms with E-state index >= 15 is 0 Å². The van der Waals surface area contributed by atoms with Gasteiger partial charge in [-0.25, -0.2) is 0 Å². The van der Waals surface area contributed by atoms with Gasteiger partial charge in [0.1, 0.15) is 0 Å². The number of hydrogen-bond donors (Lipinski definition) is 0. The smallest absolute Gasteiger partial charge is 0.0775 e. The number of ether oxygens (including phenoxy) is 1. The highest BCUT2D eigenvalue weighted by Crippen LogP contribution is 2.66. The van der Waals surface area contributed by atoms with Crippen LogP contribution in [0.1, 0.15) is 78.6 Å². The van der Waals surface area contributed by atoms with E-state index in [1.807, 2.05) is 0 Å². The lowest BCUT2D eigenvalue weighted by atomic mass is 9.70. The Morgan fingerprint density at radius 3 is 2.10 bits per heavy atom. The molecule has 116 valence electrons. The monoisotopic (exact) mass is 390 g/mol. The summed E-state index contributed by atoms with van der Waals surface area (Å²) in [5.74, 6) is 0.898. The van der Waals surface area contributed by atoms with Gasteiger partial charge >= 0.3 is 0 Å². The lowest BCUT2D eigenvalue weighted by Crippen LogP contribution is -2.45. The fourth-order valence-electron chi connectivity index (χ4n) is 5.27. The maximum Gasteiger partial charge on any atom is 0.0775 e. The van der Waals surface area contributed by atoms with Crippen molar-refractivity contribution >= 4 is 22.6 Å². The molecule has 0 aliphatic heterocycles. The minimum atomic E-state index is 0.200. The van der Waals surface area contributed by atoms with E-state index < -0.39 is 0 Å². The molecule has 2 heteroatoms. The van der Waals surface area contributed by atoms with Crippen molar-refractivity contribution in [3.05, 3.63) is 0 Å². The van der Waals surface area contributed by atoms with Crippen molar-refractivity contribution in [2.75, 3.05) is 4.43 Å². The van der Waals surface area contributed by atoms with E-state index in [0.29, 0.717) is 16.9 Å². The molecule has 3 aliphatic carbocycles. The van der Waals surface area contributed by atoms with Crippen LogP contribution in [-0.2, 0) is 4.74 Å². The zero-order chi connectivity index (χ0) is 14.4. The van der Waals surface area contributed by atoms with E-state index in [0.717, 1.165) is 5.92 Å². The molecule has 0 aromatic rings. The second kappa shape index (κ2) is 5.40. The van der Waals surface area contributed by atoms with Crippen LogP contribution in [0.5, 0.6) is 0 Å². The van der Waals surface area contributed by atoms with E-state index in [1.54, 1.807) is 0 Å². The van der Waals surface area contributed by atoms with Crippen LogP contribution in [0.15, 0.2) is 0 Å². The third-order valence-electron chi connectivity index (χ3n) is 7.36. The minimum absolute atomic E-state index is 0.200. The van der Waals surface area contributed by atoms with Crippen LogP contribution < -0.4 is 0 Å². The predicted octanol–water partition coefficient (Wildman–Crippen LogP) is 5.75. The van der Waals surface area contributed by atoms with Gasteiger partial charge in [0.15, 0.2) is 0 Å². The van der Waals surface area contributed by atoms with Crippen molar-refractivity contribution in [1.29, 1.82) is 0 Å². The summed E-state index contributed by atoms with van der Waals surface area (Å²) in [6.45, 7) is 7.51. The molecule has 2 bridgehead atoms. The first-order valence-corrected chi connectivity index (χ1v) is 10.2. The molecule has 3 atom stereocenters. The summed E-state index contributed by atoms with van der Waals surface area (Å²) in [7, 11) is 0. The average molecular weight is 390 g/mol. The number of alkyl halides is 1. The van der Waals surface area contributed by atoms with Crippen molar-refractivity contribution in [2.45, 2.75) is 90.3 Å². The highest BCUT2D eigenvalue weighted by molar-refractivity contribution is 14.1. The van der Waals surface area contributed by atoms with E-state index in [2.05, 4.69) is 43.4 Å². The van der Waals surface area contributed by atoms with Crippen molar-refractivity contribution in [3.63, 3.8) is 0 Å². The number of hydrogen-bond acceptors (Lipinski definition) is 1. The van der Waals surface area contributed by atoms with Crippen molar-refractivity contribution in [3.8, 4) is 0 Å². The molecule has 0 heterocycles. The van der Waals surface area contributed by atoms with Gasteiger partial charge in [-0.1, -0.05) is 69.0 Å². The molecule has 3 unspecified atom stereocenters. The summed E-state index contributed by atoms with van der Waals surface area (Å²) in [5.41, 5.74) is 1.10. The number of halogens is 1. The summed E-state index contributed by atoms with van der Waals surface area (Å²) < 4.78 is 8.12. The van der Waals surface area contributed by atoms with E-state index in [-0.39, 0.29) is 5.60 Å². The van der Waals surface area contributed by atoms with Crippen LogP contribution in [0, 0.1) is 16.7 Å². The Kier molecular flexibility index (Phi) is 4.21. The Morgan fingerprint density at radius 2 is 1.65 bits per heavy atom. The van der Waals surface area contributed by atoms with Gasteiger partial charge in [0.05, 0.1) is 11.7 Å². The van der Waals surface area contributed by atoms with Gasteiger partial charge in [0.2, 0.25) is 0 Å². The summed E-state index contributed by atoms with van der Waals surface area (Å²) in [5, 5.41) is 0. The molecule has 3 saturated carbocycles. The summed E-state index contributed by atoms with van der Waals surface area (Å²) in [6, 6.07) is 0. The zero-order valence-corrected chi connectivity index (χ0v) is 15.7. The third kappa shape index (κ3) is 2.28. The zero-order valence-electron chi connectivity index (χ0n) is 13.5. The first kappa shape index (κ1) is 15.6. The van der Waals surface area contributed by atoms with Crippen LogP contribution in [0.25, 0.3) is 0 Å². The molecule has 0 aromatic carbocycles. The predicted molar refractivity (Wildman–Crippen MR) is 93.4 cm³/mol. The Bertz CT molecular complexity index is 356. The normalized spacial score (nSPS) is 42.6. The maximum atomic E-state index is 6.93. The van der Waals surface area contributed by atoms with Gasteiger partial charge in [-0.05, 0) is 48.9 Å². The fraction of sp³-hybridized carbons (Fsp3) is 1.00.